The molecule has 148 valence electrons. The number of benzene rings is 3. The quantitative estimate of drug-likeness (QED) is 0.301. The monoisotopic (exact) mass is 418 g/mol. The molecule has 0 saturated carbocycles. The van der Waals surface area contributed by atoms with E-state index in [1.165, 1.54) is 29.5 Å². The van der Waals surface area contributed by atoms with Crippen molar-refractivity contribution in [2.24, 2.45) is 0 Å². The number of carbonyl (C=O) groups is 2. The highest BCUT2D eigenvalue weighted by atomic mass is 32.1. The molecule has 4 nitrogen and oxygen atoms in total. The zero-order chi connectivity index (χ0) is 21.1. The van der Waals surface area contributed by atoms with Crippen LogP contribution in [0.15, 0.2) is 78.9 Å². The molecule has 0 spiro atoms. The molecule has 1 N–H and O–H groups in total. The number of ketones is 1. The molecule has 0 unspecified atom stereocenters. The Kier molecular flexibility index (Phi) is 5.41. The predicted octanol–water partition coefficient (Wildman–Crippen LogP) is 6.16. The topological polar surface area (TPSA) is 63.6 Å². The van der Waals surface area contributed by atoms with Crippen molar-refractivity contribution in [1.29, 1.82) is 0 Å². The minimum atomic E-state index is -1.03. The number of carboxylic acid groups (broad SMARTS) is 1. The zero-order valence-corrected chi connectivity index (χ0v) is 16.4. The lowest BCUT2D eigenvalue weighted by molar-refractivity contribution is -0.131. The Balaban J connectivity index is 1.74. The van der Waals surface area contributed by atoms with E-state index in [-0.39, 0.29) is 11.6 Å². The van der Waals surface area contributed by atoms with Crippen LogP contribution in [0.25, 0.3) is 16.2 Å². The maximum Gasteiger partial charge on any atom is 0.328 e. The number of fused-ring (bicyclic) bond motifs is 1. The van der Waals surface area contributed by atoms with Gasteiger partial charge in [-0.3, -0.25) is 4.79 Å². The van der Waals surface area contributed by atoms with Crippen LogP contribution in [0.1, 0.15) is 20.8 Å². The first kappa shape index (κ1) is 19.5. The lowest BCUT2D eigenvalue weighted by Crippen LogP contribution is -2.00. The van der Waals surface area contributed by atoms with Crippen molar-refractivity contribution in [2.75, 3.05) is 0 Å². The van der Waals surface area contributed by atoms with Crippen LogP contribution in [0, 0.1) is 5.82 Å². The minimum Gasteiger partial charge on any atom is -0.478 e. The van der Waals surface area contributed by atoms with Gasteiger partial charge in [-0.15, -0.1) is 11.3 Å². The van der Waals surface area contributed by atoms with Gasteiger partial charge in [-0.2, -0.15) is 0 Å². The summed E-state index contributed by atoms with van der Waals surface area (Å²) < 4.78 is 20.4. The third kappa shape index (κ3) is 4.14. The Morgan fingerprint density at radius 3 is 2.40 bits per heavy atom. The lowest BCUT2D eigenvalue weighted by atomic mass is 10.1. The van der Waals surface area contributed by atoms with E-state index in [0.717, 1.165) is 6.08 Å². The van der Waals surface area contributed by atoms with Crippen molar-refractivity contribution in [1.82, 2.24) is 0 Å². The first-order chi connectivity index (χ1) is 14.5. The van der Waals surface area contributed by atoms with E-state index in [1.807, 2.05) is 6.07 Å². The number of hydrogen-bond donors (Lipinski definition) is 1. The summed E-state index contributed by atoms with van der Waals surface area (Å²) >= 11 is 1.18. The molecule has 0 saturated heterocycles. The third-order valence-electron chi connectivity index (χ3n) is 4.37. The van der Waals surface area contributed by atoms with E-state index in [0.29, 0.717) is 37.6 Å². The average Bonchev–Trinajstić information content (AvgIpc) is 3.10. The fraction of sp³-hybridized carbons (Fsp3) is 0. The molecule has 3 aromatic carbocycles. The van der Waals surface area contributed by atoms with Crippen molar-refractivity contribution in [3.63, 3.8) is 0 Å². The van der Waals surface area contributed by atoms with Crippen LogP contribution in [0.3, 0.4) is 0 Å². The van der Waals surface area contributed by atoms with Crippen molar-refractivity contribution >= 4 is 39.3 Å². The molecule has 0 amide bonds. The van der Waals surface area contributed by atoms with Crippen LogP contribution >= 0.6 is 11.3 Å². The van der Waals surface area contributed by atoms with Crippen molar-refractivity contribution in [3.05, 3.63) is 101 Å². The lowest BCUT2D eigenvalue weighted by Gasteiger charge is -2.08. The SMILES string of the molecule is O=C(O)/C=C/c1ccc(Oc2c(C(=O)c3ccccc3)sc3cc(F)ccc23)cc1. The van der Waals surface area contributed by atoms with Gasteiger partial charge in [-0.1, -0.05) is 42.5 Å². The van der Waals surface area contributed by atoms with Gasteiger partial charge in [0, 0.05) is 21.7 Å². The Hall–Kier alpha value is -3.77. The fourth-order valence-corrected chi connectivity index (χ4v) is 4.07. The molecule has 0 radical (unpaired) electrons. The Bertz CT molecular complexity index is 1260. The third-order valence-corrected chi connectivity index (χ3v) is 5.50. The van der Waals surface area contributed by atoms with Gasteiger partial charge in [-0.05, 0) is 42.0 Å². The number of ether oxygens (including phenoxy) is 1. The normalized spacial score (nSPS) is 11.1. The maximum atomic E-state index is 13.7. The molecule has 0 aliphatic carbocycles. The van der Waals surface area contributed by atoms with Gasteiger partial charge >= 0.3 is 5.97 Å². The molecule has 30 heavy (non-hydrogen) atoms. The van der Waals surface area contributed by atoms with Gasteiger partial charge in [0.2, 0.25) is 5.78 Å². The molecule has 0 fully saturated rings. The van der Waals surface area contributed by atoms with E-state index >= 15 is 0 Å². The number of aliphatic carboxylic acids is 1. The predicted molar refractivity (Wildman–Crippen MR) is 115 cm³/mol. The van der Waals surface area contributed by atoms with Crippen LogP contribution in [0.4, 0.5) is 4.39 Å². The second kappa shape index (κ2) is 8.31. The summed E-state index contributed by atoms with van der Waals surface area (Å²) in [6.45, 7) is 0. The second-order valence-corrected chi connectivity index (χ2v) is 7.49. The number of hydrogen-bond acceptors (Lipinski definition) is 4. The van der Waals surface area contributed by atoms with Crippen LogP contribution in [0.5, 0.6) is 11.5 Å². The Labute approximate surface area is 175 Å². The Morgan fingerprint density at radius 1 is 0.967 bits per heavy atom. The number of carboxylic acids is 1. The van der Waals surface area contributed by atoms with Gasteiger partial charge in [0.25, 0.3) is 0 Å². The summed E-state index contributed by atoms with van der Waals surface area (Å²) in [5, 5.41) is 9.38. The van der Waals surface area contributed by atoms with Gasteiger partial charge in [-0.25, -0.2) is 9.18 Å². The fourth-order valence-electron chi connectivity index (χ4n) is 2.95. The zero-order valence-electron chi connectivity index (χ0n) is 15.5. The maximum absolute atomic E-state index is 13.7. The number of rotatable bonds is 6. The van der Waals surface area contributed by atoms with E-state index in [9.17, 15) is 14.0 Å². The molecule has 0 aliphatic rings. The average molecular weight is 418 g/mol. The van der Waals surface area contributed by atoms with Crippen molar-refractivity contribution in [2.45, 2.75) is 0 Å². The van der Waals surface area contributed by atoms with Gasteiger partial charge < -0.3 is 9.84 Å². The van der Waals surface area contributed by atoms with Gasteiger partial charge in [0.05, 0.1) is 0 Å². The van der Waals surface area contributed by atoms with Crippen LogP contribution < -0.4 is 4.74 Å². The summed E-state index contributed by atoms with van der Waals surface area (Å²) in [6, 6.07) is 19.9. The summed E-state index contributed by atoms with van der Waals surface area (Å²) in [4.78, 5) is 24.1. The van der Waals surface area contributed by atoms with E-state index in [2.05, 4.69) is 0 Å². The Morgan fingerprint density at radius 2 is 1.70 bits per heavy atom. The van der Waals surface area contributed by atoms with E-state index in [4.69, 9.17) is 9.84 Å². The smallest absolute Gasteiger partial charge is 0.328 e. The molecule has 4 rings (SSSR count). The molecular weight excluding hydrogens is 403 g/mol. The van der Waals surface area contributed by atoms with Crippen molar-refractivity contribution in [3.8, 4) is 11.5 Å². The molecule has 1 heterocycles. The molecular formula is C24H15FO4S. The summed E-state index contributed by atoms with van der Waals surface area (Å²) in [6.07, 6.45) is 2.52. The molecule has 4 aromatic rings. The number of carbonyl (C=O) groups excluding carboxylic acids is 1. The standard InChI is InChI=1S/C24H15FO4S/c25-17-9-12-19-20(14-17)30-24(22(28)16-4-2-1-3-5-16)23(19)29-18-10-6-15(7-11-18)8-13-21(26)27/h1-14H,(H,26,27)/b13-8+. The number of halogens is 1. The number of thiophene rings is 1. The molecule has 1 aromatic heterocycles. The van der Waals surface area contributed by atoms with E-state index < -0.39 is 5.97 Å². The van der Waals surface area contributed by atoms with Crippen LogP contribution in [-0.2, 0) is 4.79 Å². The largest absolute Gasteiger partial charge is 0.478 e. The van der Waals surface area contributed by atoms with Crippen molar-refractivity contribution < 1.29 is 23.8 Å². The highest BCUT2D eigenvalue weighted by Crippen LogP contribution is 2.41. The van der Waals surface area contributed by atoms with E-state index in [1.54, 1.807) is 54.6 Å². The first-order valence-electron chi connectivity index (χ1n) is 9.02. The highest BCUT2D eigenvalue weighted by molar-refractivity contribution is 7.21. The van der Waals surface area contributed by atoms with Crippen LogP contribution in [-0.4, -0.2) is 16.9 Å². The minimum absolute atomic E-state index is 0.201. The van der Waals surface area contributed by atoms with Gasteiger partial charge in [0.1, 0.15) is 16.4 Å². The molecule has 0 atom stereocenters. The first-order valence-corrected chi connectivity index (χ1v) is 9.83. The van der Waals surface area contributed by atoms with Gasteiger partial charge in [0.15, 0.2) is 5.75 Å². The molecule has 0 bridgehead atoms. The highest BCUT2D eigenvalue weighted by Gasteiger charge is 2.22. The second-order valence-electron chi connectivity index (χ2n) is 6.44. The molecule has 0 aliphatic heterocycles. The summed E-state index contributed by atoms with van der Waals surface area (Å²) in [5.74, 6) is -0.764. The van der Waals surface area contributed by atoms with Crippen LogP contribution in [0.2, 0.25) is 0 Å². The summed E-state index contributed by atoms with van der Waals surface area (Å²) in [5.41, 5.74) is 1.21. The summed E-state index contributed by atoms with van der Waals surface area (Å²) in [7, 11) is 0. The molecule has 6 heteroatoms.